The Labute approximate surface area is 228 Å². The Balaban J connectivity index is 1.54. The maximum Gasteiger partial charge on any atom is 0.337 e. The van der Waals surface area contributed by atoms with Gasteiger partial charge in [0, 0.05) is 49.0 Å². The Kier molecular flexibility index (Phi) is 8.60. The van der Waals surface area contributed by atoms with Crippen molar-refractivity contribution in [3.8, 4) is 0 Å². The SMILES string of the molecule is COC(=O)C1C(C)=NC(C)=C(C(=O)OC2(C)CCN(CCCc3ccccc3)C2)[C@H]1c1cccc([N+](=O)[O-])c1. The summed E-state index contributed by atoms with van der Waals surface area (Å²) in [5.41, 5.74) is 2.05. The summed E-state index contributed by atoms with van der Waals surface area (Å²) < 4.78 is 11.2. The Hall–Kier alpha value is -3.85. The van der Waals surface area contributed by atoms with Crippen molar-refractivity contribution < 1.29 is 24.0 Å². The van der Waals surface area contributed by atoms with Crippen molar-refractivity contribution in [2.24, 2.45) is 10.9 Å². The number of methoxy groups -OCH3 is 1. The molecule has 2 aliphatic heterocycles. The van der Waals surface area contributed by atoms with Gasteiger partial charge in [-0.15, -0.1) is 0 Å². The van der Waals surface area contributed by atoms with Crippen LogP contribution in [0, 0.1) is 16.0 Å². The first-order chi connectivity index (χ1) is 18.6. The fourth-order valence-corrected chi connectivity index (χ4v) is 5.66. The molecule has 39 heavy (non-hydrogen) atoms. The van der Waals surface area contributed by atoms with Crippen molar-refractivity contribution in [1.82, 2.24) is 4.90 Å². The van der Waals surface area contributed by atoms with E-state index in [2.05, 4.69) is 22.0 Å². The highest BCUT2D eigenvalue weighted by Crippen LogP contribution is 2.42. The molecule has 4 rings (SSSR count). The van der Waals surface area contributed by atoms with Crippen LogP contribution >= 0.6 is 0 Å². The molecule has 2 aromatic rings. The molecule has 0 radical (unpaired) electrons. The smallest absolute Gasteiger partial charge is 0.337 e. The third-order valence-corrected chi connectivity index (χ3v) is 7.58. The number of likely N-dealkylation sites (tertiary alicyclic amines) is 1. The summed E-state index contributed by atoms with van der Waals surface area (Å²) in [4.78, 5) is 44.5. The molecule has 2 unspecified atom stereocenters. The molecule has 0 aromatic heterocycles. The number of nitro benzene ring substituents is 1. The zero-order valence-corrected chi connectivity index (χ0v) is 22.9. The average Bonchev–Trinajstić information content (AvgIpc) is 3.28. The highest BCUT2D eigenvalue weighted by atomic mass is 16.6. The summed E-state index contributed by atoms with van der Waals surface area (Å²) in [5, 5.41) is 11.5. The largest absolute Gasteiger partial charge is 0.468 e. The average molecular weight is 534 g/mol. The molecule has 2 heterocycles. The molecule has 1 saturated heterocycles. The van der Waals surface area contributed by atoms with Crippen molar-refractivity contribution >= 4 is 23.3 Å². The zero-order valence-electron chi connectivity index (χ0n) is 22.9. The van der Waals surface area contributed by atoms with Crippen molar-refractivity contribution in [3.05, 3.63) is 87.1 Å². The van der Waals surface area contributed by atoms with Gasteiger partial charge in [-0.2, -0.15) is 0 Å². The van der Waals surface area contributed by atoms with E-state index in [4.69, 9.17) is 9.47 Å². The maximum atomic E-state index is 13.8. The molecule has 206 valence electrons. The van der Waals surface area contributed by atoms with Gasteiger partial charge in [0.25, 0.3) is 5.69 Å². The fraction of sp³-hybridized carbons (Fsp3) is 0.433. The number of benzene rings is 2. The van der Waals surface area contributed by atoms with Crippen LogP contribution in [0.3, 0.4) is 0 Å². The van der Waals surface area contributed by atoms with Gasteiger partial charge < -0.3 is 9.47 Å². The van der Waals surface area contributed by atoms with Gasteiger partial charge in [-0.1, -0.05) is 42.5 Å². The molecule has 2 aliphatic rings. The topological polar surface area (TPSA) is 111 Å². The number of non-ortho nitro benzene ring substituents is 1. The van der Waals surface area contributed by atoms with Gasteiger partial charge in [0.15, 0.2) is 0 Å². The molecule has 9 nitrogen and oxygen atoms in total. The van der Waals surface area contributed by atoms with E-state index in [1.165, 1.54) is 24.8 Å². The predicted molar refractivity (Wildman–Crippen MR) is 147 cm³/mol. The number of aliphatic imine (C=N–C) groups is 1. The minimum Gasteiger partial charge on any atom is -0.468 e. The molecule has 0 aliphatic carbocycles. The second kappa shape index (κ2) is 11.9. The summed E-state index contributed by atoms with van der Waals surface area (Å²) >= 11 is 0. The standard InChI is InChI=1S/C30H35N3O6/c1-20-25(28(34)38-4)27(23-13-8-14-24(18-23)33(36)37)26(21(2)31-20)29(35)39-30(3)15-17-32(19-30)16-9-12-22-10-6-5-7-11-22/h5-8,10-11,13-14,18,25,27H,9,12,15-17,19H2,1-4H3/t25?,27-,30?/m0/s1. The van der Waals surface area contributed by atoms with E-state index in [1.54, 1.807) is 26.0 Å². The van der Waals surface area contributed by atoms with E-state index in [1.807, 2.05) is 25.1 Å². The highest BCUT2D eigenvalue weighted by Gasteiger charge is 2.45. The van der Waals surface area contributed by atoms with Gasteiger partial charge in [0.1, 0.15) is 11.5 Å². The first-order valence-corrected chi connectivity index (χ1v) is 13.2. The normalized spacial score (nSPS) is 23.3. The van der Waals surface area contributed by atoms with E-state index in [0.29, 0.717) is 29.9 Å². The number of nitro groups is 1. The van der Waals surface area contributed by atoms with Crippen LogP contribution in [0.25, 0.3) is 0 Å². The molecular formula is C30H35N3O6. The Morgan fingerprint density at radius 3 is 2.59 bits per heavy atom. The lowest BCUT2D eigenvalue weighted by molar-refractivity contribution is -0.384. The number of carbonyl (C=O) groups excluding carboxylic acids is 2. The predicted octanol–water partition coefficient (Wildman–Crippen LogP) is 4.86. The number of hydrogen-bond acceptors (Lipinski definition) is 8. The molecule has 0 amide bonds. The molecule has 0 N–H and O–H groups in total. The lowest BCUT2D eigenvalue weighted by atomic mass is 9.75. The highest BCUT2D eigenvalue weighted by molar-refractivity contribution is 6.07. The van der Waals surface area contributed by atoms with Gasteiger partial charge in [-0.25, -0.2) is 4.79 Å². The molecule has 9 heteroatoms. The minimum absolute atomic E-state index is 0.129. The lowest BCUT2D eigenvalue weighted by Gasteiger charge is -2.33. The Morgan fingerprint density at radius 1 is 1.15 bits per heavy atom. The van der Waals surface area contributed by atoms with Crippen molar-refractivity contribution in [2.45, 2.75) is 51.6 Å². The second-order valence-electron chi connectivity index (χ2n) is 10.5. The molecule has 0 saturated carbocycles. The first kappa shape index (κ1) is 28.2. The number of rotatable bonds is 9. The van der Waals surface area contributed by atoms with Crippen LogP contribution in [-0.4, -0.2) is 59.8 Å². The summed E-state index contributed by atoms with van der Waals surface area (Å²) in [6.45, 7) is 7.63. The molecule has 2 aromatic carbocycles. The lowest BCUT2D eigenvalue weighted by Crippen LogP contribution is -2.40. The quantitative estimate of drug-likeness (QED) is 0.257. The number of ether oxygens (including phenoxy) is 2. The Bertz CT molecular complexity index is 1300. The molecular weight excluding hydrogens is 498 g/mol. The van der Waals surface area contributed by atoms with Crippen molar-refractivity contribution in [3.63, 3.8) is 0 Å². The first-order valence-electron chi connectivity index (χ1n) is 13.2. The summed E-state index contributed by atoms with van der Waals surface area (Å²) in [6.07, 6.45) is 2.67. The van der Waals surface area contributed by atoms with Crippen LogP contribution in [0.4, 0.5) is 5.69 Å². The van der Waals surface area contributed by atoms with Gasteiger partial charge >= 0.3 is 11.9 Å². The second-order valence-corrected chi connectivity index (χ2v) is 10.5. The monoisotopic (exact) mass is 533 g/mol. The van der Waals surface area contributed by atoms with E-state index in [0.717, 1.165) is 25.9 Å². The van der Waals surface area contributed by atoms with Crippen LogP contribution in [0.1, 0.15) is 50.7 Å². The molecule has 0 bridgehead atoms. The number of hydrogen-bond donors (Lipinski definition) is 0. The van der Waals surface area contributed by atoms with Crippen LogP contribution in [0.2, 0.25) is 0 Å². The van der Waals surface area contributed by atoms with Crippen molar-refractivity contribution in [2.75, 3.05) is 26.7 Å². The summed E-state index contributed by atoms with van der Waals surface area (Å²) in [7, 11) is 1.27. The minimum atomic E-state index is -0.908. The summed E-state index contributed by atoms with van der Waals surface area (Å²) in [5.74, 6) is -2.87. The number of esters is 2. The number of aryl methyl sites for hydroxylation is 1. The number of carbonyl (C=O) groups is 2. The van der Waals surface area contributed by atoms with Gasteiger partial charge in [0.05, 0.1) is 17.6 Å². The van der Waals surface area contributed by atoms with Gasteiger partial charge in [-0.05, 0) is 51.3 Å². The molecule has 1 fully saturated rings. The zero-order chi connectivity index (χ0) is 28.2. The molecule has 0 spiro atoms. The third kappa shape index (κ3) is 6.42. The van der Waals surface area contributed by atoms with E-state index in [-0.39, 0.29) is 11.3 Å². The van der Waals surface area contributed by atoms with E-state index < -0.39 is 34.3 Å². The van der Waals surface area contributed by atoms with Crippen LogP contribution < -0.4 is 0 Å². The third-order valence-electron chi connectivity index (χ3n) is 7.58. The van der Waals surface area contributed by atoms with Gasteiger partial charge in [0.2, 0.25) is 0 Å². The Morgan fingerprint density at radius 2 is 1.90 bits per heavy atom. The molecule has 3 atom stereocenters. The van der Waals surface area contributed by atoms with Crippen molar-refractivity contribution in [1.29, 1.82) is 0 Å². The van der Waals surface area contributed by atoms with Crippen LogP contribution in [0.15, 0.2) is 70.9 Å². The summed E-state index contributed by atoms with van der Waals surface area (Å²) in [6, 6.07) is 16.3. The van der Waals surface area contributed by atoms with E-state index in [9.17, 15) is 19.7 Å². The van der Waals surface area contributed by atoms with Crippen LogP contribution in [0.5, 0.6) is 0 Å². The van der Waals surface area contributed by atoms with Crippen LogP contribution in [-0.2, 0) is 25.5 Å². The van der Waals surface area contributed by atoms with Gasteiger partial charge in [-0.3, -0.25) is 24.8 Å². The number of nitrogens with zero attached hydrogens (tertiary/aromatic N) is 3. The maximum absolute atomic E-state index is 13.8. The number of allylic oxidation sites excluding steroid dienone is 1. The fourth-order valence-electron chi connectivity index (χ4n) is 5.66. The van der Waals surface area contributed by atoms with E-state index >= 15 is 0 Å².